The molecule has 3 heterocycles. The van der Waals surface area contributed by atoms with Gasteiger partial charge in [-0.15, -0.1) is 21.5 Å². The highest BCUT2D eigenvalue weighted by Crippen LogP contribution is 2.27. The van der Waals surface area contributed by atoms with Crippen molar-refractivity contribution in [1.82, 2.24) is 24.6 Å². The molecule has 0 atom stereocenters. The number of thioether (sulfide) groups is 1. The number of hydrogen-bond acceptors (Lipinski definition) is 6. The zero-order chi connectivity index (χ0) is 23.6. The highest BCUT2D eigenvalue weighted by atomic mass is 32.2. The first-order chi connectivity index (χ1) is 15.7. The van der Waals surface area contributed by atoms with Gasteiger partial charge in [0, 0.05) is 38.8 Å². The third kappa shape index (κ3) is 5.30. The van der Waals surface area contributed by atoms with Gasteiger partial charge in [0.1, 0.15) is 0 Å². The SMILES string of the molecule is Cn1c(SCC(=O)N2CCN(C(=O)c3cccs3)CC2)nnc1-c1ccc(C(C)(C)C)cc1. The molecule has 0 spiro atoms. The molecule has 0 unspecified atom stereocenters. The van der Waals surface area contributed by atoms with Gasteiger partial charge in [-0.25, -0.2) is 0 Å². The van der Waals surface area contributed by atoms with Crippen molar-refractivity contribution in [2.24, 2.45) is 7.05 Å². The van der Waals surface area contributed by atoms with Crippen LogP contribution in [-0.4, -0.2) is 68.3 Å². The maximum Gasteiger partial charge on any atom is 0.264 e. The third-order valence-corrected chi connectivity index (χ3v) is 7.68. The fourth-order valence-corrected chi connectivity index (χ4v) is 5.25. The summed E-state index contributed by atoms with van der Waals surface area (Å²) in [7, 11) is 1.93. The summed E-state index contributed by atoms with van der Waals surface area (Å²) in [5, 5.41) is 11.3. The summed E-state index contributed by atoms with van der Waals surface area (Å²) in [5.74, 6) is 1.19. The van der Waals surface area contributed by atoms with Crippen molar-refractivity contribution in [2.75, 3.05) is 31.9 Å². The molecule has 0 N–H and O–H groups in total. The zero-order valence-electron chi connectivity index (χ0n) is 19.4. The van der Waals surface area contributed by atoms with Gasteiger partial charge in [-0.2, -0.15) is 0 Å². The van der Waals surface area contributed by atoms with E-state index in [1.165, 1.54) is 28.7 Å². The van der Waals surface area contributed by atoms with E-state index in [0.29, 0.717) is 37.1 Å². The van der Waals surface area contributed by atoms with E-state index in [4.69, 9.17) is 0 Å². The Labute approximate surface area is 202 Å². The highest BCUT2D eigenvalue weighted by molar-refractivity contribution is 7.99. The van der Waals surface area contributed by atoms with Crippen LogP contribution >= 0.6 is 23.1 Å². The van der Waals surface area contributed by atoms with Gasteiger partial charge in [0.05, 0.1) is 10.6 Å². The van der Waals surface area contributed by atoms with Crippen LogP contribution in [0, 0.1) is 0 Å². The maximum atomic E-state index is 12.7. The smallest absolute Gasteiger partial charge is 0.264 e. The Kier molecular flexibility index (Phi) is 6.90. The number of carbonyl (C=O) groups excluding carboxylic acids is 2. The molecule has 4 rings (SSSR count). The van der Waals surface area contributed by atoms with Gasteiger partial charge < -0.3 is 14.4 Å². The van der Waals surface area contributed by atoms with Crippen LogP contribution in [0.4, 0.5) is 0 Å². The van der Waals surface area contributed by atoms with Gasteiger partial charge in [0.2, 0.25) is 5.91 Å². The lowest BCUT2D eigenvalue weighted by atomic mass is 9.87. The van der Waals surface area contributed by atoms with Crippen LogP contribution in [0.15, 0.2) is 46.9 Å². The van der Waals surface area contributed by atoms with Gasteiger partial charge >= 0.3 is 0 Å². The normalized spacial score (nSPS) is 14.5. The van der Waals surface area contributed by atoms with Gasteiger partial charge in [-0.3, -0.25) is 9.59 Å². The summed E-state index contributed by atoms with van der Waals surface area (Å²) in [5.41, 5.74) is 2.37. The molecule has 174 valence electrons. The predicted molar refractivity (Wildman–Crippen MR) is 133 cm³/mol. The monoisotopic (exact) mass is 483 g/mol. The van der Waals surface area contributed by atoms with Crippen molar-refractivity contribution in [3.05, 3.63) is 52.2 Å². The summed E-state index contributed by atoms with van der Waals surface area (Å²) < 4.78 is 1.93. The summed E-state index contributed by atoms with van der Waals surface area (Å²) in [6.45, 7) is 8.81. The Morgan fingerprint density at radius 2 is 1.67 bits per heavy atom. The van der Waals surface area contributed by atoms with Crippen LogP contribution in [0.1, 0.15) is 36.0 Å². The van der Waals surface area contributed by atoms with Crippen molar-refractivity contribution in [1.29, 1.82) is 0 Å². The van der Waals surface area contributed by atoms with E-state index >= 15 is 0 Å². The van der Waals surface area contributed by atoms with Crippen molar-refractivity contribution >= 4 is 34.9 Å². The topological polar surface area (TPSA) is 71.3 Å². The number of carbonyl (C=O) groups is 2. The van der Waals surface area contributed by atoms with Crippen LogP contribution in [0.2, 0.25) is 0 Å². The van der Waals surface area contributed by atoms with Crippen molar-refractivity contribution in [3.8, 4) is 11.4 Å². The lowest BCUT2D eigenvalue weighted by Gasteiger charge is -2.34. The number of aromatic nitrogens is 3. The number of piperazine rings is 1. The van der Waals surface area contributed by atoms with E-state index in [-0.39, 0.29) is 17.2 Å². The lowest BCUT2D eigenvalue weighted by Crippen LogP contribution is -2.51. The van der Waals surface area contributed by atoms with Crippen molar-refractivity contribution in [3.63, 3.8) is 0 Å². The molecule has 33 heavy (non-hydrogen) atoms. The van der Waals surface area contributed by atoms with Crippen LogP contribution in [0.25, 0.3) is 11.4 Å². The highest BCUT2D eigenvalue weighted by Gasteiger charge is 2.25. The summed E-state index contributed by atoms with van der Waals surface area (Å²) >= 11 is 2.85. The molecule has 2 amide bonds. The molecule has 3 aromatic rings. The molecule has 0 bridgehead atoms. The average molecular weight is 484 g/mol. The molecule has 0 aliphatic carbocycles. The Balaban J connectivity index is 1.31. The molecular weight excluding hydrogens is 454 g/mol. The molecule has 7 nitrogen and oxygen atoms in total. The number of benzene rings is 1. The third-order valence-electron chi connectivity index (χ3n) is 5.82. The fourth-order valence-electron chi connectivity index (χ4n) is 3.74. The molecule has 1 aliphatic rings. The zero-order valence-corrected chi connectivity index (χ0v) is 21.1. The standard InChI is InChI=1S/C24H29N5O2S2/c1-24(2,3)18-9-7-17(8-10-18)21-25-26-23(27(21)4)33-16-20(30)28-11-13-29(14-12-28)22(31)19-6-5-15-32-19/h5-10,15H,11-14,16H2,1-4H3. The number of nitrogens with zero attached hydrogens (tertiary/aromatic N) is 5. The quantitative estimate of drug-likeness (QED) is 0.515. The minimum Gasteiger partial charge on any atom is -0.338 e. The van der Waals surface area contributed by atoms with Crippen LogP contribution < -0.4 is 0 Å². The van der Waals surface area contributed by atoms with Gasteiger partial charge in [-0.05, 0) is 22.4 Å². The molecule has 1 fully saturated rings. The minimum atomic E-state index is 0.0496. The number of thiophene rings is 1. The van der Waals surface area contributed by atoms with Gasteiger partial charge in [-0.1, -0.05) is 62.9 Å². The molecule has 9 heteroatoms. The van der Waals surface area contributed by atoms with Crippen LogP contribution in [-0.2, 0) is 17.3 Å². The molecule has 1 aliphatic heterocycles. The summed E-state index contributed by atoms with van der Waals surface area (Å²) in [6, 6.07) is 12.1. The minimum absolute atomic E-state index is 0.0496. The maximum absolute atomic E-state index is 12.7. The molecular formula is C24H29N5O2S2. The molecule has 0 saturated carbocycles. The summed E-state index contributed by atoms with van der Waals surface area (Å²) in [6.07, 6.45) is 0. The van der Waals surface area contributed by atoms with Crippen LogP contribution in [0.3, 0.4) is 0 Å². The van der Waals surface area contributed by atoms with E-state index in [0.717, 1.165) is 16.3 Å². The molecule has 1 saturated heterocycles. The second-order valence-electron chi connectivity index (χ2n) is 9.13. The van der Waals surface area contributed by atoms with E-state index in [2.05, 4.69) is 55.2 Å². The Hall–Kier alpha value is -2.65. The van der Waals surface area contributed by atoms with E-state index < -0.39 is 0 Å². The Morgan fingerprint density at radius 3 is 2.27 bits per heavy atom. The largest absolute Gasteiger partial charge is 0.338 e. The van der Waals surface area contributed by atoms with Gasteiger partial charge in [0.25, 0.3) is 5.91 Å². The Morgan fingerprint density at radius 1 is 1.00 bits per heavy atom. The Bertz CT molecular complexity index is 1110. The van der Waals surface area contributed by atoms with Crippen molar-refractivity contribution in [2.45, 2.75) is 31.3 Å². The van der Waals surface area contributed by atoms with Crippen LogP contribution in [0.5, 0.6) is 0 Å². The number of rotatable bonds is 5. The lowest BCUT2D eigenvalue weighted by molar-refractivity contribution is -0.129. The van der Waals surface area contributed by atoms with Crippen molar-refractivity contribution < 1.29 is 9.59 Å². The number of hydrogen-bond donors (Lipinski definition) is 0. The first-order valence-electron chi connectivity index (χ1n) is 11.0. The molecule has 2 aromatic heterocycles. The first-order valence-corrected chi connectivity index (χ1v) is 12.8. The van der Waals surface area contributed by atoms with E-state index in [1.807, 2.05) is 38.9 Å². The fraction of sp³-hybridized carbons (Fsp3) is 0.417. The first kappa shape index (κ1) is 23.5. The van der Waals surface area contributed by atoms with E-state index in [1.54, 1.807) is 0 Å². The predicted octanol–water partition coefficient (Wildman–Crippen LogP) is 3.92. The molecule has 0 radical (unpaired) electrons. The average Bonchev–Trinajstić information content (AvgIpc) is 3.47. The van der Waals surface area contributed by atoms with Gasteiger partial charge in [0.15, 0.2) is 11.0 Å². The molecule has 1 aromatic carbocycles. The number of amides is 2. The second kappa shape index (κ2) is 9.69. The van der Waals surface area contributed by atoms with E-state index in [9.17, 15) is 9.59 Å². The second-order valence-corrected chi connectivity index (χ2v) is 11.0. The summed E-state index contributed by atoms with van der Waals surface area (Å²) in [4.78, 5) is 29.6.